The second-order valence-corrected chi connectivity index (χ2v) is 3.57. The lowest BCUT2D eigenvalue weighted by molar-refractivity contribution is -0.137. The van der Waals surface area contributed by atoms with E-state index in [0.29, 0.717) is 11.1 Å². The van der Waals surface area contributed by atoms with E-state index in [9.17, 15) is 9.18 Å². The normalized spacial score (nSPS) is 10.5. The molecule has 1 heterocycles. The Morgan fingerprint density at radius 2 is 2.24 bits per heavy atom. The molecule has 1 aromatic carbocycles. The molecule has 0 radical (unpaired) electrons. The summed E-state index contributed by atoms with van der Waals surface area (Å²) in [5.41, 5.74) is 1.17. The zero-order valence-corrected chi connectivity index (χ0v) is 8.96. The molecular formula is C10H9FN4O2. The molecule has 0 aliphatic carbocycles. The third-order valence-electron chi connectivity index (χ3n) is 2.12. The van der Waals surface area contributed by atoms with Crippen molar-refractivity contribution in [2.24, 2.45) is 0 Å². The minimum atomic E-state index is -1.06. The fourth-order valence-corrected chi connectivity index (χ4v) is 1.51. The first-order valence-corrected chi connectivity index (χ1v) is 4.82. The molecule has 6 nitrogen and oxygen atoms in total. The highest BCUT2D eigenvalue weighted by molar-refractivity contribution is 5.67. The van der Waals surface area contributed by atoms with Crippen LogP contribution in [0.2, 0.25) is 0 Å². The van der Waals surface area contributed by atoms with Crippen molar-refractivity contribution in [3.63, 3.8) is 0 Å². The average molecular weight is 236 g/mol. The van der Waals surface area contributed by atoms with E-state index in [1.807, 2.05) is 0 Å². The van der Waals surface area contributed by atoms with Crippen molar-refractivity contribution in [3.8, 4) is 11.4 Å². The number of aryl methyl sites for hydroxylation is 1. The molecule has 88 valence electrons. The van der Waals surface area contributed by atoms with Gasteiger partial charge in [-0.1, -0.05) is 0 Å². The van der Waals surface area contributed by atoms with Gasteiger partial charge in [0.1, 0.15) is 12.4 Å². The van der Waals surface area contributed by atoms with Crippen LogP contribution < -0.4 is 0 Å². The number of carbonyl (C=O) groups is 1. The summed E-state index contributed by atoms with van der Waals surface area (Å²) >= 11 is 0. The van der Waals surface area contributed by atoms with Gasteiger partial charge in [-0.2, -0.15) is 0 Å². The second kappa shape index (κ2) is 4.28. The number of aromatic nitrogens is 4. The van der Waals surface area contributed by atoms with Gasteiger partial charge in [-0.3, -0.25) is 4.79 Å². The molecule has 0 saturated carbocycles. The van der Waals surface area contributed by atoms with Gasteiger partial charge in [-0.15, -0.1) is 5.10 Å². The maximum Gasteiger partial charge on any atom is 0.325 e. The summed E-state index contributed by atoms with van der Waals surface area (Å²) in [5.74, 6) is -1.24. The Labute approximate surface area is 95.7 Å². The lowest BCUT2D eigenvalue weighted by Crippen LogP contribution is -2.11. The molecule has 0 aliphatic heterocycles. The van der Waals surface area contributed by atoms with Crippen molar-refractivity contribution >= 4 is 5.97 Å². The number of tetrazole rings is 1. The molecule has 17 heavy (non-hydrogen) atoms. The van der Waals surface area contributed by atoms with Crippen LogP contribution in [0.4, 0.5) is 4.39 Å². The SMILES string of the molecule is Cc1cc(F)cc(-c2nnnn2CC(=O)O)c1. The van der Waals surface area contributed by atoms with Gasteiger partial charge in [-0.05, 0) is 41.1 Å². The third-order valence-corrected chi connectivity index (χ3v) is 2.12. The van der Waals surface area contributed by atoms with Crippen molar-refractivity contribution in [2.45, 2.75) is 13.5 Å². The summed E-state index contributed by atoms with van der Waals surface area (Å²) < 4.78 is 14.3. The van der Waals surface area contributed by atoms with Crippen LogP contribution in [-0.4, -0.2) is 31.3 Å². The Morgan fingerprint density at radius 1 is 1.47 bits per heavy atom. The zero-order chi connectivity index (χ0) is 12.4. The molecule has 2 rings (SSSR count). The number of halogens is 1. The monoisotopic (exact) mass is 236 g/mol. The van der Waals surface area contributed by atoms with E-state index in [1.54, 1.807) is 13.0 Å². The highest BCUT2D eigenvalue weighted by Crippen LogP contribution is 2.18. The Hall–Kier alpha value is -2.31. The molecule has 1 aromatic heterocycles. The van der Waals surface area contributed by atoms with Crippen LogP contribution in [0.15, 0.2) is 18.2 Å². The van der Waals surface area contributed by atoms with Crippen LogP contribution in [0.3, 0.4) is 0 Å². The summed E-state index contributed by atoms with van der Waals surface area (Å²) in [7, 11) is 0. The van der Waals surface area contributed by atoms with Gasteiger partial charge < -0.3 is 5.11 Å². The molecule has 0 amide bonds. The summed E-state index contributed by atoms with van der Waals surface area (Å²) in [6, 6.07) is 4.32. The molecular weight excluding hydrogens is 227 g/mol. The van der Waals surface area contributed by atoms with Crippen LogP contribution in [0, 0.1) is 12.7 Å². The van der Waals surface area contributed by atoms with Gasteiger partial charge in [0, 0.05) is 5.56 Å². The highest BCUT2D eigenvalue weighted by Gasteiger charge is 2.12. The van der Waals surface area contributed by atoms with E-state index in [-0.39, 0.29) is 12.4 Å². The van der Waals surface area contributed by atoms with E-state index in [2.05, 4.69) is 15.5 Å². The fraction of sp³-hybridized carbons (Fsp3) is 0.200. The molecule has 1 N–H and O–H groups in total. The second-order valence-electron chi connectivity index (χ2n) is 3.57. The fourth-order valence-electron chi connectivity index (χ4n) is 1.51. The number of carboxylic acid groups (broad SMARTS) is 1. The minimum absolute atomic E-state index is 0.231. The van der Waals surface area contributed by atoms with E-state index >= 15 is 0 Å². The van der Waals surface area contributed by atoms with Gasteiger partial charge in [0.05, 0.1) is 0 Å². The molecule has 0 saturated heterocycles. The molecule has 0 spiro atoms. The van der Waals surface area contributed by atoms with Crippen molar-refractivity contribution < 1.29 is 14.3 Å². The van der Waals surface area contributed by atoms with Crippen molar-refractivity contribution in [3.05, 3.63) is 29.6 Å². The first-order chi connectivity index (χ1) is 8.06. The van der Waals surface area contributed by atoms with Gasteiger partial charge in [0.15, 0.2) is 5.82 Å². The number of benzene rings is 1. The van der Waals surface area contributed by atoms with E-state index in [4.69, 9.17) is 5.11 Å². The molecule has 0 aliphatic rings. The first-order valence-electron chi connectivity index (χ1n) is 4.82. The van der Waals surface area contributed by atoms with Gasteiger partial charge in [0.2, 0.25) is 0 Å². The van der Waals surface area contributed by atoms with Crippen molar-refractivity contribution in [2.75, 3.05) is 0 Å². The third kappa shape index (κ3) is 2.44. The molecule has 0 unspecified atom stereocenters. The summed E-state index contributed by atoms with van der Waals surface area (Å²) in [6.45, 7) is 1.37. The molecule has 0 fully saturated rings. The van der Waals surface area contributed by atoms with E-state index < -0.39 is 11.8 Å². The highest BCUT2D eigenvalue weighted by atomic mass is 19.1. The number of hydrogen-bond acceptors (Lipinski definition) is 4. The topological polar surface area (TPSA) is 80.9 Å². The van der Waals surface area contributed by atoms with Crippen LogP contribution in [0.1, 0.15) is 5.56 Å². The van der Waals surface area contributed by atoms with Crippen LogP contribution in [-0.2, 0) is 11.3 Å². The minimum Gasteiger partial charge on any atom is -0.480 e. The Balaban J connectivity index is 2.45. The lowest BCUT2D eigenvalue weighted by atomic mass is 10.1. The Kier molecular flexibility index (Phi) is 2.82. The predicted molar refractivity (Wildman–Crippen MR) is 55.6 cm³/mol. The maximum atomic E-state index is 13.2. The predicted octanol–water partition coefficient (Wildman–Crippen LogP) is 0.872. The number of rotatable bonds is 3. The largest absolute Gasteiger partial charge is 0.480 e. The van der Waals surface area contributed by atoms with Crippen molar-refractivity contribution in [1.82, 2.24) is 20.2 Å². The number of aliphatic carboxylic acids is 1. The lowest BCUT2D eigenvalue weighted by Gasteiger charge is -2.03. The smallest absolute Gasteiger partial charge is 0.325 e. The van der Waals surface area contributed by atoms with Crippen LogP contribution >= 0.6 is 0 Å². The zero-order valence-electron chi connectivity index (χ0n) is 8.96. The molecule has 7 heteroatoms. The Bertz CT molecular complexity index is 547. The summed E-state index contributed by atoms with van der Waals surface area (Å²) in [6.07, 6.45) is 0. The number of hydrogen-bond donors (Lipinski definition) is 1. The number of nitrogens with zero attached hydrogens (tertiary/aromatic N) is 4. The quantitative estimate of drug-likeness (QED) is 0.855. The molecule has 2 aromatic rings. The van der Waals surface area contributed by atoms with Crippen LogP contribution in [0.5, 0.6) is 0 Å². The number of carboxylic acids is 1. The molecule has 0 atom stereocenters. The Morgan fingerprint density at radius 3 is 2.88 bits per heavy atom. The summed E-state index contributed by atoms with van der Waals surface area (Å²) in [4.78, 5) is 10.6. The maximum absolute atomic E-state index is 13.2. The van der Waals surface area contributed by atoms with Crippen molar-refractivity contribution in [1.29, 1.82) is 0 Å². The first kappa shape index (κ1) is 11.2. The standard InChI is InChI=1S/C10H9FN4O2/c1-6-2-7(4-8(11)3-6)10-12-13-14-15(10)5-9(16)17/h2-4H,5H2,1H3,(H,16,17). The average Bonchev–Trinajstić information content (AvgIpc) is 2.63. The molecule has 0 bridgehead atoms. The van der Waals surface area contributed by atoms with Crippen LogP contribution in [0.25, 0.3) is 11.4 Å². The van der Waals surface area contributed by atoms with E-state index in [1.165, 1.54) is 12.1 Å². The van der Waals surface area contributed by atoms with E-state index in [0.717, 1.165) is 4.68 Å². The van der Waals surface area contributed by atoms with Gasteiger partial charge in [-0.25, -0.2) is 9.07 Å². The van der Waals surface area contributed by atoms with Gasteiger partial charge >= 0.3 is 5.97 Å². The van der Waals surface area contributed by atoms with Gasteiger partial charge in [0.25, 0.3) is 0 Å². The summed E-state index contributed by atoms with van der Waals surface area (Å²) in [5, 5.41) is 19.3.